The maximum absolute atomic E-state index is 11.2. The molecule has 0 radical (unpaired) electrons. The molecule has 0 fully saturated rings. The van der Waals surface area contributed by atoms with Crippen molar-refractivity contribution in [2.75, 3.05) is 0 Å². The van der Waals surface area contributed by atoms with Gasteiger partial charge in [0.25, 0.3) is 10.1 Å². The second-order valence-corrected chi connectivity index (χ2v) is 5.07. The van der Waals surface area contributed by atoms with E-state index in [1.807, 2.05) is 0 Å². The molecular formula is C13H10O5S. The van der Waals surface area contributed by atoms with Gasteiger partial charge in [0, 0.05) is 0 Å². The molecule has 0 amide bonds. The van der Waals surface area contributed by atoms with Crippen molar-refractivity contribution in [3.8, 4) is 11.5 Å². The topological polar surface area (TPSA) is 80.7 Å². The van der Waals surface area contributed by atoms with Gasteiger partial charge in [-0.2, -0.15) is 8.42 Å². The normalized spacial score (nSPS) is 11.0. The van der Waals surface area contributed by atoms with Crippen LogP contribution in [-0.4, -0.2) is 19.3 Å². The largest absolute Gasteiger partial charge is 0.455 e. The summed E-state index contributed by atoms with van der Waals surface area (Å²) in [7, 11) is -4.39. The van der Waals surface area contributed by atoms with Crippen LogP contribution in [0, 0.1) is 0 Å². The maximum Gasteiger partial charge on any atom is 0.298 e. The van der Waals surface area contributed by atoms with E-state index in [-0.39, 0.29) is 22.0 Å². The van der Waals surface area contributed by atoms with E-state index in [2.05, 4.69) is 0 Å². The Kier molecular flexibility index (Phi) is 3.64. The number of rotatable bonds is 4. The summed E-state index contributed by atoms with van der Waals surface area (Å²) in [6.45, 7) is 0. The molecule has 2 rings (SSSR count). The molecule has 0 spiro atoms. The second kappa shape index (κ2) is 5.21. The Labute approximate surface area is 110 Å². The summed E-state index contributed by atoms with van der Waals surface area (Å²) in [6, 6.07) is 12.0. The predicted molar refractivity (Wildman–Crippen MR) is 68.2 cm³/mol. The van der Waals surface area contributed by atoms with Crippen LogP contribution in [-0.2, 0) is 10.1 Å². The van der Waals surface area contributed by atoms with E-state index < -0.39 is 10.1 Å². The highest BCUT2D eigenvalue weighted by Crippen LogP contribution is 2.29. The van der Waals surface area contributed by atoms with Crippen LogP contribution in [0.3, 0.4) is 0 Å². The van der Waals surface area contributed by atoms with Gasteiger partial charge < -0.3 is 4.74 Å². The Morgan fingerprint density at radius 1 is 0.947 bits per heavy atom. The lowest BCUT2D eigenvalue weighted by molar-refractivity contribution is 0.112. The minimum atomic E-state index is -4.39. The summed E-state index contributed by atoms with van der Waals surface area (Å²) in [4.78, 5) is 10.5. The summed E-state index contributed by atoms with van der Waals surface area (Å²) in [5.41, 5.74) is 0.285. The lowest BCUT2D eigenvalue weighted by atomic mass is 10.2. The Morgan fingerprint density at radius 2 is 1.53 bits per heavy atom. The summed E-state index contributed by atoms with van der Waals surface area (Å²) in [6.07, 6.45) is 0.603. The first-order valence-corrected chi connectivity index (χ1v) is 6.75. The smallest absolute Gasteiger partial charge is 0.298 e. The standard InChI is InChI=1S/C13H10O5S/c14-9-10-5-1-2-6-11(10)18-12-7-3-4-8-13(12)19(15,16)17/h1-9H,(H,15,16,17). The number of carbonyl (C=O) groups is 1. The van der Waals surface area contributed by atoms with Gasteiger partial charge in [0.1, 0.15) is 16.4 Å². The van der Waals surface area contributed by atoms with Crippen molar-refractivity contribution in [1.29, 1.82) is 0 Å². The minimum Gasteiger partial charge on any atom is -0.455 e. The zero-order chi connectivity index (χ0) is 13.9. The first kappa shape index (κ1) is 13.3. The molecule has 98 valence electrons. The SMILES string of the molecule is O=Cc1ccccc1Oc1ccccc1S(=O)(=O)O. The van der Waals surface area contributed by atoms with Crippen molar-refractivity contribution in [3.63, 3.8) is 0 Å². The molecule has 6 heteroatoms. The molecule has 0 saturated heterocycles. The Morgan fingerprint density at radius 3 is 2.16 bits per heavy atom. The first-order chi connectivity index (χ1) is 9.02. The molecule has 0 bridgehead atoms. The van der Waals surface area contributed by atoms with E-state index in [9.17, 15) is 13.2 Å². The van der Waals surface area contributed by atoms with E-state index in [1.54, 1.807) is 24.3 Å². The molecule has 0 aliphatic carbocycles. The van der Waals surface area contributed by atoms with Crippen LogP contribution in [0.4, 0.5) is 0 Å². The van der Waals surface area contributed by atoms with Gasteiger partial charge in [-0.25, -0.2) is 0 Å². The highest BCUT2D eigenvalue weighted by molar-refractivity contribution is 7.86. The van der Waals surface area contributed by atoms with Gasteiger partial charge in [0.15, 0.2) is 6.29 Å². The van der Waals surface area contributed by atoms with E-state index >= 15 is 0 Å². The zero-order valence-electron chi connectivity index (χ0n) is 9.68. The monoisotopic (exact) mass is 278 g/mol. The van der Waals surface area contributed by atoms with Crippen LogP contribution in [0.2, 0.25) is 0 Å². The fourth-order valence-corrected chi connectivity index (χ4v) is 2.15. The number of benzene rings is 2. The number of para-hydroxylation sites is 2. The van der Waals surface area contributed by atoms with E-state index in [1.165, 1.54) is 24.3 Å². The second-order valence-electron chi connectivity index (χ2n) is 3.68. The van der Waals surface area contributed by atoms with Gasteiger partial charge in [-0.3, -0.25) is 9.35 Å². The number of hydrogen-bond acceptors (Lipinski definition) is 4. The van der Waals surface area contributed by atoms with Gasteiger partial charge >= 0.3 is 0 Å². The van der Waals surface area contributed by atoms with Crippen LogP contribution in [0.5, 0.6) is 11.5 Å². The zero-order valence-corrected chi connectivity index (χ0v) is 10.5. The van der Waals surface area contributed by atoms with Gasteiger partial charge in [-0.1, -0.05) is 24.3 Å². The third-order valence-electron chi connectivity index (χ3n) is 2.39. The molecule has 0 unspecified atom stereocenters. The lowest BCUT2D eigenvalue weighted by Crippen LogP contribution is -2.01. The molecule has 2 aromatic rings. The number of hydrogen-bond donors (Lipinski definition) is 1. The molecule has 19 heavy (non-hydrogen) atoms. The number of aldehydes is 1. The molecule has 2 aromatic carbocycles. The Hall–Kier alpha value is -2.18. The van der Waals surface area contributed by atoms with Gasteiger partial charge in [-0.15, -0.1) is 0 Å². The maximum atomic E-state index is 11.2. The molecule has 0 aliphatic rings. The predicted octanol–water partition coefficient (Wildman–Crippen LogP) is 2.54. The summed E-state index contributed by atoms with van der Waals surface area (Å²) in [5.74, 6) is 0.174. The molecule has 0 aromatic heterocycles. The molecule has 1 N–H and O–H groups in total. The van der Waals surface area contributed by atoms with Crippen molar-refractivity contribution in [2.24, 2.45) is 0 Å². The van der Waals surface area contributed by atoms with Crippen LogP contribution in [0.15, 0.2) is 53.4 Å². The molecular weight excluding hydrogens is 268 g/mol. The first-order valence-electron chi connectivity index (χ1n) is 5.31. The lowest BCUT2D eigenvalue weighted by Gasteiger charge is -2.10. The Balaban J connectivity index is 2.48. The molecule has 0 saturated carbocycles. The van der Waals surface area contributed by atoms with E-state index in [0.717, 1.165) is 0 Å². The van der Waals surface area contributed by atoms with Gasteiger partial charge in [0.2, 0.25) is 0 Å². The fourth-order valence-electron chi connectivity index (χ4n) is 1.54. The Bertz CT molecular complexity index is 706. The molecule has 0 heterocycles. The highest BCUT2D eigenvalue weighted by Gasteiger charge is 2.17. The van der Waals surface area contributed by atoms with E-state index in [4.69, 9.17) is 9.29 Å². The number of ether oxygens (including phenoxy) is 1. The summed E-state index contributed by atoms with van der Waals surface area (Å²) >= 11 is 0. The van der Waals surface area contributed by atoms with E-state index in [0.29, 0.717) is 6.29 Å². The van der Waals surface area contributed by atoms with Crippen molar-refractivity contribution >= 4 is 16.4 Å². The molecule has 0 atom stereocenters. The van der Waals surface area contributed by atoms with Crippen molar-refractivity contribution in [3.05, 3.63) is 54.1 Å². The molecule has 5 nitrogen and oxygen atoms in total. The third kappa shape index (κ3) is 2.98. The van der Waals surface area contributed by atoms with Crippen molar-refractivity contribution < 1.29 is 22.5 Å². The van der Waals surface area contributed by atoms with Crippen molar-refractivity contribution in [1.82, 2.24) is 0 Å². The highest BCUT2D eigenvalue weighted by atomic mass is 32.2. The number of carbonyl (C=O) groups excluding carboxylic acids is 1. The minimum absolute atomic E-state index is 0.0423. The average molecular weight is 278 g/mol. The fraction of sp³-hybridized carbons (Fsp3) is 0. The summed E-state index contributed by atoms with van der Waals surface area (Å²) in [5, 5.41) is 0. The van der Waals surface area contributed by atoms with Gasteiger partial charge in [-0.05, 0) is 24.3 Å². The molecule has 0 aliphatic heterocycles. The van der Waals surface area contributed by atoms with Crippen LogP contribution in [0.1, 0.15) is 10.4 Å². The quantitative estimate of drug-likeness (QED) is 0.686. The third-order valence-corrected chi connectivity index (χ3v) is 3.29. The average Bonchev–Trinajstić information content (AvgIpc) is 2.39. The van der Waals surface area contributed by atoms with Crippen LogP contribution < -0.4 is 4.74 Å². The van der Waals surface area contributed by atoms with Gasteiger partial charge in [0.05, 0.1) is 5.56 Å². The van der Waals surface area contributed by atoms with Crippen molar-refractivity contribution in [2.45, 2.75) is 4.90 Å². The van der Waals surface area contributed by atoms with Crippen LogP contribution >= 0.6 is 0 Å². The van der Waals surface area contributed by atoms with Crippen LogP contribution in [0.25, 0.3) is 0 Å². The summed E-state index contributed by atoms with van der Waals surface area (Å²) < 4.78 is 36.9.